The monoisotopic (exact) mass is 318 g/mol. The van der Waals surface area contributed by atoms with Crippen molar-refractivity contribution in [2.45, 2.75) is 19.8 Å². The molecule has 0 atom stereocenters. The minimum absolute atomic E-state index is 0.0682. The van der Waals surface area contributed by atoms with Crippen molar-refractivity contribution in [2.75, 3.05) is 0 Å². The van der Waals surface area contributed by atoms with Crippen LogP contribution >= 0.6 is 23.2 Å². The molecular weight excluding hydrogens is 303 g/mol. The number of rotatable bonds is 4. The molecule has 2 aromatic carbocycles. The van der Waals surface area contributed by atoms with Crippen LogP contribution in [0.15, 0.2) is 48.5 Å². The Bertz CT molecular complexity index is 650. The number of hydrogen-bond donors (Lipinski definition) is 0. The van der Waals surface area contributed by atoms with E-state index in [0.29, 0.717) is 27.1 Å². The van der Waals surface area contributed by atoms with Crippen LogP contribution in [0.3, 0.4) is 0 Å². The molecule has 0 aliphatic heterocycles. The van der Waals surface area contributed by atoms with Crippen molar-refractivity contribution in [3.05, 3.63) is 75.3 Å². The standard InChI is InChI=1S/C18H16Cl2O/c1-12(2)13-6-8-14(9-7-13)18(21)11-10-15-16(19)4-3-5-17(15)20/h3-12H,1-2H3/b11-10+. The molecule has 0 aliphatic carbocycles. The van der Waals surface area contributed by atoms with Crippen molar-refractivity contribution in [1.29, 1.82) is 0 Å². The van der Waals surface area contributed by atoms with E-state index < -0.39 is 0 Å². The summed E-state index contributed by atoms with van der Waals surface area (Å²) in [6, 6.07) is 12.9. The molecule has 3 heteroatoms. The Morgan fingerprint density at radius 2 is 1.57 bits per heavy atom. The molecule has 0 aromatic heterocycles. The topological polar surface area (TPSA) is 17.1 Å². The second-order valence-corrected chi connectivity index (χ2v) is 5.92. The number of benzene rings is 2. The zero-order valence-electron chi connectivity index (χ0n) is 11.9. The first-order valence-electron chi connectivity index (χ1n) is 6.75. The summed E-state index contributed by atoms with van der Waals surface area (Å²) >= 11 is 12.1. The third kappa shape index (κ3) is 3.96. The van der Waals surface area contributed by atoms with Gasteiger partial charge >= 0.3 is 0 Å². The number of ketones is 1. The summed E-state index contributed by atoms with van der Waals surface area (Å²) in [5.41, 5.74) is 2.52. The SMILES string of the molecule is CC(C)c1ccc(C(=O)/C=C/c2c(Cl)cccc2Cl)cc1. The van der Waals surface area contributed by atoms with Crippen LogP contribution in [0.25, 0.3) is 6.08 Å². The Balaban J connectivity index is 2.19. The number of carbonyl (C=O) groups excluding carboxylic acids is 1. The zero-order valence-corrected chi connectivity index (χ0v) is 13.4. The average molecular weight is 319 g/mol. The highest BCUT2D eigenvalue weighted by atomic mass is 35.5. The van der Waals surface area contributed by atoms with Crippen LogP contribution in [0, 0.1) is 0 Å². The summed E-state index contributed by atoms with van der Waals surface area (Å²) in [7, 11) is 0. The molecule has 108 valence electrons. The molecule has 0 amide bonds. The highest BCUT2D eigenvalue weighted by Gasteiger charge is 2.05. The molecule has 0 saturated heterocycles. The first-order valence-corrected chi connectivity index (χ1v) is 7.51. The molecule has 2 rings (SSSR count). The average Bonchev–Trinajstić information content (AvgIpc) is 2.46. The Hall–Kier alpha value is -1.57. The number of halogens is 2. The van der Waals surface area contributed by atoms with Crippen LogP contribution in [-0.4, -0.2) is 5.78 Å². The van der Waals surface area contributed by atoms with Gasteiger partial charge in [0, 0.05) is 21.2 Å². The Labute approximate surface area is 135 Å². The fourth-order valence-corrected chi connectivity index (χ4v) is 2.48. The smallest absolute Gasteiger partial charge is 0.185 e. The molecule has 0 radical (unpaired) electrons. The first-order chi connectivity index (χ1) is 9.99. The maximum Gasteiger partial charge on any atom is 0.185 e. The lowest BCUT2D eigenvalue weighted by Crippen LogP contribution is -1.95. The van der Waals surface area contributed by atoms with E-state index in [1.807, 2.05) is 24.3 Å². The van der Waals surface area contributed by atoms with Crippen molar-refractivity contribution in [3.8, 4) is 0 Å². The fourth-order valence-electron chi connectivity index (χ4n) is 1.96. The molecule has 0 fully saturated rings. The van der Waals surface area contributed by atoms with E-state index in [-0.39, 0.29) is 5.78 Å². The van der Waals surface area contributed by atoms with Crippen LogP contribution in [0.5, 0.6) is 0 Å². The lowest BCUT2D eigenvalue weighted by atomic mass is 10.0. The van der Waals surface area contributed by atoms with Crippen LogP contribution < -0.4 is 0 Å². The van der Waals surface area contributed by atoms with E-state index in [1.54, 1.807) is 24.3 Å². The van der Waals surface area contributed by atoms with Crippen LogP contribution in [0.2, 0.25) is 10.0 Å². The van der Waals surface area contributed by atoms with Gasteiger partial charge in [0.25, 0.3) is 0 Å². The van der Waals surface area contributed by atoms with Gasteiger partial charge in [-0.05, 0) is 35.8 Å². The van der Waals surface area contributed by atoms with Gasteiger partial charge in [-0.15, -0.1) is 0 Å². The molecule has 0 aliphatic rings. The number of allylic oxidation sites excluding steroid dienone is 1. The normalized spacial score (nSPS) is 11.3. The van der Waals surface area contributed by atoms with Gasteiger partial charge in [-0.3, -0.25) is 4.79 Å². The highest BCUT2D eigenvalue weighted by molar-refractivity contribution is 6.37. The van der Waals surface area contributed by atoms with Gasteiger partial charge in [0.1, 0.15) is 0 Å². The minimum atomic E-state index is -0.0682. The molecule has 0 spiro atoms. The van der Waals surface area contributed by atoms with Gasteiger partial charge in [0.15, 0.2) is 5.78 Å². The molecule has 21 heavy (non-hydrogen) atoms. The largest absolute Gasteiger partial charge is 0.289 e. The summed E-state index contributed by atoms with van der Waals surface area (Å²) in [6.07, 6.45) is 3.15. The maximum atomic E-state index is 12.1. The first kappa shape index (κ1) is 15.8. The van der Waals surface area contributed by atoms with Crippen LogP contribution in [0.4, 0.5) is 0 Å². The van der Waals surface area contributed by atoms with E-state index in [4.69, 9.17) is 23.2 Å². The van der Waals surface area contributed by atoms with E-state index in [1.165, 1.54) is 11.6 Å². The van der Waals surface area contributed by atoms with Crippen LogP contribution in [0.1, 0.15) is 41.3 Å². The molecule has 0 unspecified atom stereocenters. The van der Waals surface area contributed by atoms with Crippen molar-refractivity contribution in [2.24, 2.45) is 0 Å². The third-order valence-corrected chi connectivity index (χ3v) is 3.92. The van der Waals surface area contributed by atoms with Gasteiger partial charge in [-0.25, -0.2) is 0 Å². The second kappa shape index (κ2) is 6.93. The van der Waals surface area contributed by atoms with Gasteiger partial charge in [-0.2, -0.15) is 0 Å². The van der Waals surface area contributed by atoms with Crippen molar-refractivity contribution < 1.29 is 4.79 Å². The molecule has 1 nitrogen and oxygen atoms in total. The lowest BCUT2D eigenvalue weighted by molar-refractivity contribution is 0.104. The van der Waals surface area contributed by atoms with Gasteiger partial charge in [-0.1, -0.05) is 67.4 Å². The second-order valence-electron chi connectivity index (χ2n) is 5.11. The maximum absolute atomic E-state index is 12.1. The van der Waals surface area contributed by atoms with E-state index in [9.17, 15) is 4.79 Å². The summed E-state index contributed by atoms with van der Waals surface area (Å²) in [5, 5.41) is 1.06. The van der Waals surface area contributed by atoms with Crippen molar-refractivity contribution in [1.82, 2.24) is 0 Å². The summed E-state index contributed by atoms with van der Waals surface area (Å²) < 4.78 is 0. The van der Waals surface area contributed by atoms with E-state index in [2.05, 4.69) is 13.8 Å². The molecular formula is C18H16Cl2O. The van der Waals surface area contributed by atoms with Gasteiger partial charge in [0.2, 0.25) is 0 Å². The number of carbonyl (C=O) groups is 1. The minimum Gasteiger partial charge on any atom is -0.289 e. The highest BCUT2D eigenvalue weighted by Crippen LogP contribution is 2.25. The summed E-state index contributed by atoms with van der Waals surface area (Å²) in [4.78, 5) is 12.1. The third-order valence-electron chi connectivity index (χ3n) is 3.26. The predicted octanol–water partition coefficient (Wildman–Crippen LogP) is 6.01. The molecule has 0 N–H and O–H groups in total. The van der Waals surface area contributed by atoms with Gasteiger partial charge in [0.05, 0.1) is 0 Å². The fraction of sp³-hybridized carbons (Fsp3) is 0.167. The quantitative estimate of drug-likeness (QED) is 0.498. The van der Waals surface area contributed by atoms with Crippen molar-refractivity contribution >= 4 is 35.1 Å². The molecule has 0 heterocycles. The van der Waals surface area contributed by atoms with Crippen LogP contribution in [-0.2, 0) is 0 Å². The van der Waals surface area contributed by atoms with Crippen molar-refractivity contribution in [3.63, 3.8) is 0 Å². The van der Waals surface area contributed by atoms with E-state index >= 15 is 0 Å². The molecule has 0 bridgehead atoms. The summed E-state index contributed by atoms with van der Waals surface area (Å²) in [5.74, 6) is 0.382. The number of hydrogen-bond acceptors (Lipinski definition) is 1. The predicted molar refractivity (Wildman–Crippen MR) is 90.4 cm³/mol. The Morgan fingerprint density at radius 3 is 2.10 bits per heavy atom. The van der Waals surface area contributed by atoms with E-state index in [0.717, 1.165) is 0 Å². The zero-order chi connectivity index (χ0) is 15.4. The Kier molecular flexibility index (Phi) is 5.22. The summed E-state index contributed by atoms with van der Waals surface area (Å²) in [6.45, 7) is 4.24. The molecule has 2 aromatic rings. The Morgan fingerprint density at radius 1 is 1.00 bits per heavy atom. The van der Waals surface area contributed by atoms with Gasteiger partial charge < -0.3 is 0 Å². The lowest BCUT2D eigenvalue weighted by Gasteiger charge is -2.05. The molecule has 0 saturated carbocycles.